The van der Waals surface area contributed by atoms with Crippen molar-refractivity contribution in [3.8, 4) is 5.69 Å². The lowest BCUT2D eigenvalue weighted by Crippen LogP contribution is -2.48. The van der Waals surface area contributed by atoms with Crippen LogP contribution in [0.4, 0.5) is 0 Å². The highest BCUT2D eigenvalue weighted by atomic mass is 16.2. The number of hydrogen-bond donors (Lipinski definition) is 1. The minimum atomic E-state index is -0.289. The first kappa shape index (κ1) is 21.6. The summed E-state index contributed by atoms with van der Waals surface area (Å²) in [5.74, 6) is 0.334. The molecule has 2 aromatic rings. The van der Waals surface area contributed by atoms with Gasteiger partial charge in [0.2, 0.25) is 11.8 Å². The Morgan fingerprint density at radius 1 is 1.03 bits per heavy atom. The maximum absolute atomic E-state index is 12.9. The number of rotatable bonds is 6. The molecular formula is C25H34N4O2. The lowest BCUT2D eigenvalue weighted by molar-refractivity contribution is -0.142. The fourth-order valence-corrected chi connectivity index (χ4v) is 5.03. The van der Waals surface area contributed by atoms with Gasteiger partial charge in [0.1, 0.15) is 6.04 Å². The highest BCUT2D eigenvalue weighted by Gasteiger charge is 2.37. The van der Waals surface area contributed by atoms with Crippen LogP contribution < -0.4 is 5.32 Å². The zero-order valence-electron chi connectivity index (χ0n) is 18.8. The third-order valence-electron chi connectivity index (χ3n) is 6.70. The third-order valence-corrected chi connectivity index (χ3v) is 6.70. The molecule has 0 bridgehead atoms. The number of carbonyl (C=O) groups is 2. The molecule has 2 fully saturated rings. The zero-order chi connectivity index (χ0) is 21.8. The van der Waals surface area contributed by atoms with Gasteiger partial charge in [-0.3, -0.25) is 9.59 Å². The van der Waals surface area contributed by atoms with Gasteiger partial charge < -0.3 is 10.2 Å². The number of nitrogens with one attached hydrogen (secondary N) is 1. The van der Waals surface area contributed by atoms with Crippen LogP contribution in [0.3, 0.4) is 0 Å². The standard InChI is InChI=1S/C25H34N4O2/c1-18-17-19(2)29(27-18)22-12-10-20(11-13-22)14-15-26-24(30)23-9-6-16-28(23)25(31)21-7-4-3-5-8-21/h10-13,17,21,23H,3-9,14-16H2,1-2H3,(H,26,30). The maximum Gasteiger partial charge on any atom is 0.242 e. The van der Waals surface area contributed by atoms with Crippen molar-refractivity contribution in [2.75, 3.05) is 13.1 Å². The Morgan fingerprint density at radius 2 is 1.77 bits per heavy atom. The lowest BCUT2D eigenvalue weighted by Gasteiger charge is -2.30. The molecule has 1 aliphatic carbocycles. The van der Waals surface area contributed by atoms with Crippen LogP contribution in [-0.4, -0.2) is 45.6 Å². The van der Waals surface area contributed by atoms with Gasteiger partial charge in [-0.05, 0) is 69.7 Å². The molecule has 4 rings (SSSR count). The van der Waals surface area contributed by atoms with Crippen LogP contribution >= 0.6 is 0 Å². The average molecular weight is 423 g/mol. The Morgan fingerprint density at radius 3 is 2.45 bits per heavy atom. The van der Waals surface area contributed by atoms with Crippen molar-refractivity contribution in [3.05, 3.63) is 47.3 Å². The van der Waals surface area contributed by atoms with Crippen molar-refractivity contribution < 1.29 is 9.59 Å². The van der Waals surface area contributed by atoms with Crippen molar-refractivity contribution in [2.24, 2.45) is 5.92 Å². The van der Waals surface area contributed by atoms with E-state index in [0.29, 0.717) is 6.54 Å². The van der Waals surface area contributed by atoms with E-state index in [0.717, 1.165) is 68.6 Å². The summed E-state index contributed by atoms with van der Waals surface area (Å²) >= 11 is 0. The molecule has 166 valence electrons. The second-order valence-electron chi connectivity index (χ2n) is 9.07. The summed E-state index contributed by atoms with van der Waals surface area (Å²) in [5, 5.41) is 7.59. The number of likely N-dealkylation sites (tertiary alicyclic amines) is 1. The van der Waals surface area contributed by atoms with Crippen LogP contribution in [0.1, 0.15) is 61.9 Å². The first-order chi connectivity index (χ1) is 15.0. The molecule has 1 atom stereocenters. The van der Waals surface area contributed by atoms with Crippen molar-refractivity contribution in [3.63, 3.8) is 0 Å². The Kier molecular flexibility index (Phi) is 6.73. The maximum atomic E-state index is 12.9. The first-order valence-electron chi connectivity index (χ1n) is 11.7. The number of amides is 2. The summed E-state index contributed by atoms with van der Waals surface area (Å²) < 4.78 is 1.94. The molecule has 0 radical (unpaired) electrons. The molecule has 1 unspecified atom stereocenters. The van der Waals surface area contributed by atoms with Crippen molar-refractivity contribution in [1.29, 1.82) is 0 Å². The SMILES string of the molecule is Cc1cc(C)n(-c2ccc(CCNC(=O)C3CCCN3C(=O)C3CCCCC3)cc2)n1. The molecule has 1 saturated carbocycles. The van der Waals surface area contributed by atoms with E-state index in [1.54, 1.807) is 0 Å². The number of carbonyl (C=O) groups excluding carboxylic acids is 2. The van der Waals surface area contributed by atoms with E-state index in [1.807, 2.05) is 16.5 Å². The number of aromatic nitrogens is 2. The van der Waals surface area contributed by atoms with Crippen molar-refractivity contribution in [1.82, 2.24) is 20.0 Å². The molecule has 2 heterocycles. The van der Waals surface area contributed by atoms with Crippen LogP contribution in [0.5, 0.6) is 0 Å². The summed E-state index contributed by atoms with van der Waals surface area (Å²) in [7, 11) is 0. The van der Waals surface area contributed by atoms with Gasteiger partial charge in [-0.1, -0.05) is 31.4 Å². The summed E-state index contributed by atoms with van der Waals surface area (Å²) in [4.78, 5) is 27.6. The van der Waals surface area contributed by atoms with Gasteiger partial charge >= 0.3 is 0 Å². The highest BCUT2D eigenvalue weighted by Crippen LogP contribution is 2.28. The molecule has 0 spiro atoms. The minimum absolute atomic E-state index is 0.000853. The van der Waals surface area contributed by atoms with Gasteiger partial charge in [-0.15, -0.1) is 0 Å². The number of hydrogen-bond acceptors (Lipinski definition) is 3. The van der Waals surface area contributed by atoms with Crippen LogP contribution in [0, 0.1) is 19.8 Å². The van der Waals surface area contributed by atoms with Gasteiger partial charge in [-0.2, -0.15) is 5.10 Å². The van der Waals surface area contributed by atoms with E-state index in [1.165, 1.54) is 12.0 Å². The predicted molar refractivity (Wildman–Crippen MR) is 121 cm³/mol. The van der Waals surface area contributed by atoms with Crippen LogP contribution in [0.15, 0.2) is 30.3 Å². The summed E-state index contributed by atoms with van der Waals surface area (Å²) in [6.07, 6.45) is 7.95. The normalized spacial score (nSPS) is 19.5. The van der Waals surface area contributed by atoms with Crippen LogP contribution in [-0.2, 0) is 16.0 Å². The molecule has 6 nitrogen and oxygen atoms in total. The van der Waals surface area contributed by atoms with Crippen molar-refractivity contribution >= 4 is 11.8 Å². The molecule has 6 heteroatoms. The van der Waals surface area contributed by atoms with Gasteiger partial charge in [-0.25, -0.2) is 4.68 Å². The quantitative estimate of drug-likeness (QED) is 0.772. The summed E-state index contributed by atoms with van der Waals surface area (Å²) in [6.45, 7) is 5.35. The summed E-state index contributed by atoms with van der Waals surface area (Å²) in [6, 6.07) is 10.1. The van der Waals surface area contributed by atoms with Crippen LogP contribution in [0.25, 0.3) is 5.69 Å². The smallest absolute Gasteiger partial charge is 0.242 e. The second-order valence-corrected chi connectivity index (χ2v) is 9.07. The molecule has 31 heavy (non-hydrogen) atoms. The molecule has 2 amide bonds. The Labute approximate surface area is 185 Å². The van der Waals surface area contributed by atoms with E-state index in [-0.39, 0.29) is 23.8 Å². The Hall–Kier alpha value is -2.63. The van der Waals surface area contributed by atoms with Gasteiger partial charge in [0, 0.05) is 24.7 Å². The third kappa shape index (κ3) is 5.00. The van der Waals surface area contributed by atoms with Gasteiger partial charge in [0.15, 0.2) is 0 Å². The Bertz CT molecular complexity index is 912. The minimum Gasteiger partial charge on any atom is -0.354 e. The van der Waals surface area contributed by atoms with Crippen molar-refractivity contribution in [2.45, 2.75) is 71.3 Å². The highest BCUT2D eigenvalue weighted by molar-refractivity contribution is 5.89. The largest absolute Gasteiger partial charge is 0.354 e. The predicted octanol–water partition coefficient (Wildman–Crippen LogP) is 3.72. The van der Waals surface area contributed by atoms with E-state index in [9.17, 15) is 9.59 Å². The topological polar surface area (TPSA) is 67.2 Å². The molecule has 1 aromatic heterocycles. The van der Waals surface area contributed by atoms with Crippen LogP contribution in [0.2, 0.25) is 0 Å². The Balaban J connectivity index is 1.28. The fraction of sp³-hybridized carbons (Fsp3) is 0.560. The monoisotopic (exact) mass is 422 g/mol. The molecule has 1 aliphatic heterocycles. The molecular weight excluding hydrogens is 388 g/mol. The zero-order valence-corrected chi connectivity index (χ0v) is 18.8. The molecule has 1 N–H and O–H groups in total. The molecule has 2 aliphatic rings. The average Bonchev–Trinajstić information content (AvgIpc) is 3.40. The number of nitrogens with zero attached hydrogens (tertiary/aromatic N) is 3. The first-order valence-corrected chi connectivity index (χ1v) is 11.7. The van der Waals surface area contributed by atoms with Gasteiger partial charge in [0.25, 0.3) is 0 Å². The summed E-state index contributed by atoms with van der Waals surface area (Å²) in [5.41, 5.74) is 4.34. The van der Waals surface area contributed by atoms with Gasteiger partial charge in [0.05, 0.1) is 11.4 Å². The van der Waals surface area contributed by atoms with E-state index in [4.69, 9.17) is 0 Å². The number of aryl methyl sites for hydroxylation is 2. The van der Waals surface area contributed by atoms with E-state index >= 15 is 0 Å². The molecule has 1 aromatic carbocycles. The fourth-order valence-electron chi connectivity index (χ4n) is 5.03. The lowest BCUT2D eigenvalue weighted by atomic mass is 9.88. The molecule has 1 saturated heterocycles. The van der Waals surface area contributed by atoms with E-state index < -0.39 is 0 Å². The van der Waals surface area contributed by atoms with E-state index in [2.05, 4.69) is 47.7 Å². The number of benzene rings is 1. The second kappa shape index (κ2) is 9.67.